The average molecular weight is 338 g/mol. The van der Waals surface area contributed by atoms with E-state index in [2.05, 4.69) is 5.32 Å². The van der Waals surface area contributed by atoms with Crippen LogP contribution in [0.15, 0.2) is 53.2 Å². The Labute approximate surface area is 147 Å². The molecule has 3 rings (SSSR count). The van der Waals surface area contributed by atoms with Crippen molar-refractivity contribution in [3.05, 3.63) is 65.6 Å². The molecule has 0 unspecified atom stereocenters. The molecule has 0 radical (unpaired) electrons. The first kappa shape index (κ1) is 17.0. The number of hydrogen-bond acceptors (Lipinski definition) is 3. The van der Waals surface area contributed by atoms with Gasteiger partial charge in [-0.2, -0.15) is 0 Å². The molecule has 25 heavy (non-hydrogen) atoms. The van der Waals surface area contributed by atoms with Crippen molar-refractivity contribution in [2.75, 3.05) is 7.05 Å². The summed E-state index contributed by atoms with van der Waals surface area (Å²) >= 11 is 0. The minimum absolute atomic E-state index is 0.0261. The molecule has 0 saturated heterocycles. The summed E-state index contributed by atoms with van der Waals surface area (Å²) in [6.45, 7) is 1.99. The molecule has 2 amide bonds. The normalized spacial score (nSPS) is 15.1. The van der Waals surface area contributed by atoms with Crippen molar-refractivity contribution in [1.29, 1.82) is 0 Å². The van der Waals surface area contributed by atoms with E-state index in [1.54, 1.807) is 37.6 Å². The van der Waals surface area contributed by atoms with Crippen LogP contribution in [0, 0.1) is 0 Å². The van der Waals surface area contributed by atoms with Crippen LogP contribution >= 0.6 is 0 Å². The van der Waals surface area contributed by atoms with Crippen molar-refractivity contribution in [1.82, 2.24) is 10.2 Å². The van der Waals surface area contributed by atoms with Crippen LogP contribution in [-0.4, -0.2) is 29.8 Å². The lowest BCUT2D eigenvalue weighted by molar-refractivity contribution is -0.129. The fraction of sp³-hybridized carbons (Fsp3) is 0.300. The molecular weight excluding hydrogens is 316 g/mol. The van der Waals surface area contributed by atoms with Gasteiger partial charge in [-0.05, 0) is 55.7 Å². The highest BCUT2D eigenvalue weighted by Crippen LogP contribution is 2.34. The van der Waals surface area contributed by atoms with E-state index in [0.717, 1.165) is 24.2 Å². The van der Waals surface area contributed by atoms with E-state index >= 15 is 0 Å². The summed E-state index contributed by atoms with van der Waals surface area (Å²) in [5.41, 5.74) is 1.47. The summed E-state index contributed by atoms with van der Waals surface area (Å²) in [5, 5.41) is 2.58. The van der Waals surface area contributed by atoms with Crippen LogP contribution in [0.25, 0.3) is 6.08 Å². The monoisotopic (exact) mass is 338 g/mol. The minimum atomic E-state index is -0.126. The molecule has 5 nitrogen and oxygen atoms in total. The molecule has 2 aromatic rings. The molecule has 0 aliphatic heterocycles. The molecule has 1 heterocycles. The Morgan fingerprint density at radius 2 is 1.96 bits per heavy atom. The first-order valence-corrected chi connectivity index (χ1v) is 8.46. The Morgan fingerprint density at radius 3 is 2.52 bits per heavy atom. The standard InChI is InChI=1S/C20H22N2O3/c1-14(18-4-3-13-25-18)22(17-10-11-17)19(23)12-7-15-5-8-16(9-6-15)20(24)21-2/h3-9,12-14,17H,10-11H2,1-2H3,(H,21,24)/b12-7-/t14-/m0/s1. The number of benzene rings is 1. The lowest BCUT2D eigenvalue weighted by Crippen LogP contribution is -2.34. The molecule has 1 aromatic heterocycles. The number of furan rings is 1. The zero-order valence-corrected chi connectivity index (χ0v) is 14.4. The number of hydrogen-bond donors (Lipinski definition) is 1. The van der Waals surface area contributed by atoms with Crippen LogP contribution in [0.4, 0.5) is 0 Å². The number of carbonyl (C=O) groups excluding carboxylic acids is 2. The second-order valence-electron chi connectivity index (χ2n) is 6.20. The van der Waals surface area contributed by atoms with E-state index in [0.29, 0.717) is 5.56 Å². The highest BCUT2D eigenvalue weighted by atomic mass is 16.3. The van der Waals surface area contributed by atoms with Crippen molar-refractivity contribution in [3.63, 3.8) is 0 Å². The Bertz CT molecular complexity index is 759. The third-order valence-corrected chi connectivity index (χ3v) is 4.39. The van der Waals surface area contributed by atoms with E-state index in [9.17, 15) is 9.59 Å². The van der Waals surface area contributed by atoms with Gasteiger partial charge in [-0.1, -0.05) is 12.1 Å². The van der Waals surface area contributed by atoms with Gasteiger partial charge in [0.15, 0.2) is 0 Å². The number of rotatable bonds is 6. The quantitative estimate of drug-likeness (QED) is 0.821. The molecule has 5 heteroatoms. The van der Waals surface area contributed by atoms with Crippen LogP contribution in [-0.2, 0) is 4.79 Å². The highest BCUT2D eigenvalue weighted by Gasteiger charge is 2.36. The molecule has 1 N–H and O–H groups in total. The van der Waals surface area contributed by atoms with E-state index in [-0.39, 0.29) is 23.9 Å². The molecule has 130 valence electrons. The van der Waals surface area contributed by atoms with E-state index in [1.165, 1.54) is 0 Å². The lowest BCUT2D eigenvalue weighted by atomic mass is 10.1. The topological polar surface area (TPSA) is 62.6 Å². The second kappa shape index (κ2) is 7.38. The zero-order valence-electron chi connectivity index (χ0n) is 14.4. The molecular formula is C20H22N2O3. The molecule has 0 bridgehead atoms. The summed E-state index contributed by atoms with van der Waals surface area (Å²) in [6.07, 6.45) is 7.06. The van der Waals surface area contributed by atoms with E-state index < -0.39 is 0 Å². The summed E-state index contributed by atoms with van der Waals surface area (Å²) in [4.78, 5) is 26.1. The Kier molecular flexibility index (Phi) is 5.03. The Morgan fingerprint density at radius 1 is 1.24 bits per heavy atom. The third kappa shape index (κ3) is 3.99. The maximum absolute atomic E-state index is 12.7. The predicted molar refractivity (Wildman–Crippen MR) is 95.9 cm³/mol. The van der Waals surface area contributed by atoms with Gasteiger partial charge in [-0.15, -0.1) is 0 Å². The van der Waals surface area contributed by atoms with Crippen molar-refractivity contribution in [2.24, 2.45) is 0 Å². The fourth-order valence-corrected chi connectivity index (χ4v) is 2.85. The summed E-state index contributed by atoms with van der Waals surface area (Å²) < 4.78 is 5.46. The van der Waals surface area contributed by atoms with Gasteiger partial charge < -0.3 is 14.6 Å². The third-order valence-electron chi connectivity index (χ3n) is 4.39. The van der Waals surface area contributed by atoms with Gasteiger partial charge in [0.2, 0.25) is 5.91 Å². The molecule has 1 saturated carbocycles. The van der Waals surface area contributed by atoms with Crippen LogP contribution in [0.5, 0.6) is 0 Å². The molecule has 1 aliphatic rings. The molecule has 1 aromatic carbocycles. The SMILES string of the molecule is CNC(=O)c1ccc(/C=C\C(=O)N(C2CC2)[C@@H](C)c2ccco2)cc1. The van der Waals surface area contributed by atoms with Crippen LogP contribution < -0.4 is 5.32 Å². The molecule has 1 atom stereocenters. The largest absolute Gasteiger partial charge is 0.467 e. The molecule has 0 spiro atoms. The van der Waals surface area contributed by atoms with Crippen molar-refractivity contribution in [3.8, 4) is 0 Å². The van der Waals surface area contributed by atoms with Gasteiger partial charge >= 0.3 is 0 Å². The van der Waals surface area contributed by atoms with Crippen LogP contribution in [0.2, 0.25) is 0 Å². The average Bonchev–Trinajstić information content (AvgIpc) is 3.31. The first-order chi connectivity index (χ1) is 12.1. The first-order valence-electron chi connectivity index (χ1n) is 8.46. The lowest BCUT2D eigenvalue weighted by Gasteiger charge is -2.26. The fourth-order valence-electron chi connectivity index (χ4n) is 2.85. The number of amides is 2. The highest BCUT2D eigenvalue weighted by molar-refractivity contribution is 5.95. The number of nitrogens with zero attached hydrogens (tertiary/aromatic N) is 1. The predicted octanol–water partition coefficient (Wildman–Crippen LogP) is 3.40. The molecule has 1 aliphatic carbocycles. The van der Waals surface area contributed by atoms with E-state index in [1.807, 2.05) is 36.1 Å². The van der Waals surface area contributed by atoms with Gasteiger partial charge in [-0.3, -0.25) is 9.59 Å². The maximum Gasteiger partial charge on any atom is 0.251 e. The minimum Gasteiger partial charge on any atom is -0.467 e. The van der Waals surface area contributed by atoms with Gasteiger partial charge in [-0.25, -0.2) is 0 Å². The van der Waals surface area contributed by atoms with Crippen LogP contribution in [0.3, 0.4) is 0 Å². The number of nitrogens with one attached hydrogen (secondary N) is 1. The van der Waals surface area contributed by atoms with Crippen molar-refractivity contribution < 1.29 is 14.0 Å². The van der Waals surface area contributed by atoms with Gasteiger partial charge in [0, 0.05) is 24.7 Å². The van der Waals surface area contributed by atoms with Gasteiger partial charge in [0.05, 0.1) is 12.3 Å². The summed E-state index contributed by atoms with van der Waals surface area (Å²) in [6, 6.07) is 11.1. The zero-order chi connectivity index (χ0) is 17.8. The maximum atomic E-state index is 12.7. The second-order valence-corrected chi connectivity index (χ2v) is 6.20. The Balaban J connectivity index is 1.71. The Hall–Kier alpha value is -2.82. The number of carbonyl (C=O) groups is 2. The van der Waals surface area contributed by atoms with Crippen LogP contribution in [0.1, 0.15) is 47.5 Å². The van der Waals surface area contributed by atoms with Crippen molar-refractivity contribution in [2.45, 2.75) is 31.8 Å². The van der Waals surface area contributed by atoms with Gasteiger partial charge in [0.1, 0.15) is 5.76 Å². The smallest absolute Gasteiger partial charge is 0.251 e. The van der Waals surface area contributed by atoms with Gasteiger partial charge in [0.25, 0.3) is 5.91 Å². The van der Waals surface area contributed by atoms with Crippen molar-refractivity contribution >= 4 is 17.9 Å². The van der Waals surface area contributed by atoms with E-state index in [4.69, 9.17) is 4.42 Å². The summed E-state index contributed by atoms with van der Waals surface area (Å²) in [7, 11) is 1.60. The summed E-state index contributed by atoms with van der Waals surface area (Å²) in [5.74, 6) is 0.643. The molecule has 1 fully saturated rings.